The van der Waals surface area contributed by atoms with E-state index in [1.54, 1.807) is 29.9 Å². The van der Waals surface area contributed by atoms with Crippen molar-refractivity contribution in [1.82, 2.24) is 9.55 Å². The summed E-state index contributed by atoms with van der Waals surface area (Å²) in [7, 11) is 2.99. The maximum atomic E-state index is 13.6. The van der Waals surface area contributed by atoms with Gasteiger partial charge in [0, 0.05) is 31.9 Å². The van der Waals surface area contributed by atoms with E-state index in [0.29, 0.717) is 35.5 Å². The molecule has 1 aliphatic rings. The van der Waals surface area contributed by atoms with Crippen LogP contribution in [-0.4, -0.2) is 55.9 Å². The summed E-state index contributed by atoms with van der Waals surface area (Å²) in [6, 6.07) is 22.4. The molecule has 1 fully saturated rings. The Balaban J connectivity index is 1.53. The van der Waals surface area contributed by atoms with Gasteiger partial charge in [0.15, 0.2) is 0 Å². The lowest BCUT2D eigenvalue weighted by Gasteiger charge is -2.37. The van der Waals surface area contributed by atoms with Gasteiger partial charge in [-0.15, -0.1) is 0 Å². The topological polar surface area (TPSA) is 76.9 Å². The average molecular weight is 471 g/mol. The van der Waals surface area contributed by atoms with E-state index >= 15 is 0 Å². The molecule has 3 aromatic carbocycles. The predicted octanol–water partition coefficient (Wildman–Crippen LogP) is 3.51. The number of carbonyl (C=O) groups excluding carboxylic acids is 1. The third-order valence-corrected chi connectivity index (χ3v) is 6.29. The minimum absolute atomic E-state index is 0.176. The van der Waals surface area contributed by atoms with Crippen molar-refractivity contribution >= 4 is 28.5 Å². The molecule has 0 radical (unpaired) electrons. The molecule has 0 saturated carbocycles. The van der Waals surface area contributed by atoms with Crippen molar-refractivity contribution in [2.75, 3.05) is 50.2 Å². The lowest BCUT2D eigenvalue weighted by Crippen LogP contribution is -2.48. The first kappa shape index (κ1) is 22.5. The van der Waals surface area contributed by atoms with E-state index in [0.717, 1.165) is 30.2 Å². The second-order valence-corrected chi connectivity index (χ2v) is 8.28. The average Bonchev–Trinajstić information content (AvgIpc) is 2.93. The summed E-state index contributed by atoms with van der Waals surface area (Å²) >= 11 is 0. The smallest absolute Gasteiger partial charge is 0.337 e. The van der Waals surface area contributed by atoms with Gasteiger partial charge in [-0.05, 0) is 54.6 Å². The fourth-order valence-corrected chi connectivity index (χ4v) is 4.40. The van der Waals surface area contributed by atoms with Gasteiger partial charge in [0.25, 0.3) is 5.56 Å². The Morgan fingerprint density at radius 1 is 0.829 bits per heavy atom. The van der Waals surface area contributed by atoms with Crippen molar-refractivity contribution in [2.24, 2.45) is 0 Å². The lowest BCUT2D eigenvalue weighted by atomic mass is 10.1. The first-order valence-electron chi connectivity index (χ1n) is 11.4. The molecule has 0 unspecified atom stereocenters. The molecule has 1 aliphatic heterocycles. The minimum atomic E-state index is -0.462. The molecule has 35 heavy (non-hydrogen) atoms. The van der Waals surface area contributed by atoms with Crippen molar-refractivity contribution in [2.45, 2.75) is 0 Å². The Morgan fingerprint density at radius 2 is 1.51 bits per heavy atom. The lowest BCUT2D eigenvalue weighted by molar-refractivity contribution is 0.0601. The van der Waals surface area contributed by atoms with E-state index < -0.39 is 5.97 Å². The molecule has 0 amide bonds. The maximum Gasteiger partial charge on any atom is 0.337 e. The second kappa shape index (κ2) is 9.50. The number of nitrogens with zero attached hydrogens (tertiary/aromatic N) is 4. The van der Waals surface area contributed by atoms with Crippen LogP contribution in [0.3, 0.4) is 0 Å². The molecular weight excluding hydrogens is 444 g/mol. The van der Waals surface area contributed by atoms with Crippen LogP contribution in [0, 0.1) is 0 Å². The van der Waals surface area contributed by atoms with Crippen molar-refractivity contribution < 1.29 is 14.3 Å². The molecule has 8 nitrogen and oxygen atoms in total. The van der Waals surface area contributed by atoms with Crippen LogP contribution in [-0.2, 0) is 4.74 Å². The van der Waals surface area contributed by atoms with Crippen LogP contribution >= 0.6 is 0 Å². The van der Waals surface area contributed by atoms with Crippen LogP contribution in [0.1, 0.15) is 10.4 Å². The molecule has 5 rings (SSSR count). The minimum Gasteiger partial charge on any atom is -0.497 e. The van der Waals surface area contributed by atoms with Crippen molar-refractivity contribution in [3.05, 3.63) is 88.7 Å². The fourth-order valence-electron chi connectivity index (χ4n) is 4.40. The summed E-state index contributed by atoms with van der Waals surface area (Å²) in [5, 5.41) is 0.446. The zero-order chi connectivity index (χ0) is 24.4. The van der Waals surface area contributed by atoms with Gasteiger partial charge < -0.3 is 19.3 Å². The van der Waals surface area contributed by atoms with Crippen LogP contribution in [0.5, 0.6) is 5.75 Å². The molecule has 1 saturated heterocycles. The highest BCUT2D eigenvalue weighted by Gasteiger charge is 2.24. The van der Waals surface area contributed by atoms with E-state index in [1.165, 1.54) is 7.11 Å². The number of benzene rings is 3. The van der Waals surface area contributed by atoms with Crippen LogP contribution in [0.4, 0.5) is 11.6 Å². The van der Waals surface area contributed by atoms with E-state index in [-0.39, 0.29) is 5.56 Å². The molecule has 4 aromatic rings. The molecule has 1 aromatic heterocycles. The quantitative estimate of drug-likeness (QED) is 0.413. The van der Waals surface area contributed by atoms with Gasteiger partial charge in [-0.3, -0.25) is 4.79 Å². The standard InChI is InChI=1S/C27H26N4O4/c1-34-22-11-9-20(10-12-22)29-14-16-30(17-15-29)27-28-24-18-19(26(33)35-2)8-13-23(24)25(32)31(27)21-6-4-3-5-7-21/h3-13,18H,14-17H2,1-2H3. The fraction of sp³-hybridized carbons (Fsp3) is 0.222. The SMILES string of the molecule is COC(=O)c1ccc2c(=O)n(-c3ccccc3)c(N3CCN(c4ccc(OC)cc4)CC3)nc2c1. The Morgan fingerprint density at radius 3 is 2.17 bits per heavy atom. The first-order chi connectivity index (χ1) is 17.1. The highest BCUT2D eigenvalue weighted by Crippen LogP contribution is 2.25. The normalized spacial score (nSPS) is 13.7. The third kappa shape index (κ3) is 4.30. The Bertz CT molecular complexity index is 1410. The highest BCUT2D eigenvalue weighted by molar-refractivity contribution is 5.94. The van der Waals surface area contributed by atoms with Gasteiger partial charge in [-0.1, -0.05) is 18.2 Å². The Hall–Kier alpha value is -4.33. The Labute approximate surface area is 202 Å². The number of ether oxygens (including phenoxy) is 2. The zero-order valence-electron chi connectivity index (χ0n) is 19.7. The number of methoxy groups -OCH3 is 2. The number of piperazine rings is 1. The van der Waals surface area contributed by atoms with Gasteiger partial charge in [-0.25, -0.2) is 14.3 Å². The van der Waals surface area contributed by atoms with Gasteiger partial charge in [0.2, 0.25) is 5.95 Å². The summed E-state index contributed by atoms with van der Waals surface area (Å²) in [5.74, 6) is 0.923. The summed E-state index contributed by atoms with van der Waals surface area (Å²) in [5.41, 5.74) is 2.53. The summed E-state index contributed by atoms with van der Waals surface area (Å²) in [6.45, 7) is 2.93. The van der Waals surface area contributed by atoms with Crippen molar-refractivity contribution in [3.63, 3.8) is 0 Å². The molecule has 0 spiro atoms. The zero-order valence-corrected chi connectivity index (χ0v) is 19.7. The van der Waals surface area contributed by atoms with Crippen molar-refractivity contribution in [1.29, 1.82) is 0 Å². The summed E-state index contributed by atoms with van der Waals surface area (Å²) < 4.78 is 11.8. The number of anilines is 2. The number of para-hydroxylation sites is 1. The van der Waals surface area contributed by atoms with E-state index in [4.69, 9.17) is 14.5 Å². The van der Waals surface area contributed by atoms with Gasteiger partial charge >= 0.3 is 5.97 Å². The Kier molecular flexibility index (Phi) is 6.10. The highest BCUT2D eigenvalue weighted by atomic mass is 16.5. The molecule has 2 heterocycles. The summed E-state index contributed by atoms with van der Waals surface area (Å²) in [4.78, 5) is 35.0. The van der Waals surface area contributed by atoms with E-state index in [2.05, 4.69) is 21.9 Å². The number of esters is 1. The van der Waals surface area contributed by atoms with Gasteiger partial charge in [0.05, 0.1) is 36.4 Å². The monoisotopic (exact) mass is 470 g/mol. The number of fused-ring (bicyclic) bond motifs is 1. The molecular formula is C27H26N4O4. The van der Waals surface area contributed by atoms with Crippen molar-refractivity contribution in [3.8, 4) is 11.4 Å². The van der Waals surface area contributed by atoms with Crippen LogP contribution in [0.15, 0.2) is 77.6 Å². The van der Waals surface area contributed by atoms with Gasteiger partial charge in [0.1, 0.15) is 5.75 Å². The largest absolute Gasteiger partial charge is 0.497 e. The van der Waals surface area contributed by atoms with Crippen LogP contribution in [0.25, 0.3) is 16.6 Å². The predicted molar refractivity (Wildman–Crippen MR) is 136 cm³/mol. The number of carbonyl (C=O) groups is 1. The first-order valence-corrected chi connectivity index (χ1v) is 11.4. The van der Waals surface area contributed by atoms with E-state index in [1.807, 2.05) is 42.5 Å². The molecule has 0 aliphatic carbocycles. The van der Waals surface area contributed by atoms with Gasteiger partial charge in [-0.2, -0.15) is 0 Å². The maximum absolute atomic E-state index is 13.6. The van der Waals surface area contributed by atoms with Crippen LogP contribution < -0.4 is 20.1 Å². The number of hydrogen-bond acceptors (Lipinski definition) is 7. The third-order valence-electron chi connectivity index (χ3n) is 6.29. The summed E-state index contributed by atoms with van der Waals surface area (Å²) in [6.07, 6.45) is 0. The van der Waals surface area contributed by atoms with Crippen LogP contribution in [0.2, 0.25) is 0 Å². The number of aromatic nitrogens is 2. The molecule has 0 bridgehead atoms. The molecule has 178 valence electrons. The molecule has 0 N–H and O–H groups in total. The number of hydrogen-bond donors (Lipinski definition) is 0. The number of rotatable bonds is 5. The van der Waals surface area contributed by atoms with E-state index in [9.17, 15) is 9.59 Å². The second-order valence-electron chi connectivity index (χ2n) is 8.28. The molecule has 0 atom stereocenters. The molecule has 8 heteroatoms.